The van der Waals surface area contributed by atoms with Gasteiger partial charge in [-0.3, -0.25) is 0 Å². The second-order valence-electron chi connectivity index (χ2n) is 6.40. The molecule has 1 fully saturated rings. The number of nitrogens with one attached hydrogen (secondary N) is 1. The molecule has 1 saturated heterocycles. The second kappa shape index (κ2) is 8.11. The van der Waals surface area contributed by atoms with E-state index in [0.29, 0.717) is 12.0 Å². The molecule has 120 valence electrons. The Morgan fingerprint density at radius 3 is 2.90 bits per heavy atom. The highest BCUT2D eigenvalue weighted by molar-refractivity contribution is 7.15. The van der Waals surface area contributed by atoms with Gasteiger partial charge in [0.2, 0.25) is 0 Å². The van der Waals surface area contributed by atoms with E-state index in [1.807, 2.05) is 0 Å². The number of hydrogen-bond acceptors (Lipinski definition) is 5. The summed E-state index contributed by atoms with van der Waals surface area (Å²) in [5.74, 6) is 0.684. The molecule has 5 heteroatoms. The van der Waals surface area contributed by atoms with Crippen LogP contribution >= 0.6 is 11.3 Å². The highest BCUT2D eigenvalue weighted by Crippen LogP contribution is 2.26. The van der Waals surface area contributed by atoms with E-state index >= 15 is 0 Å². The minimum absolute atomic E-state index is 0.371. The zero-order valence-electron chi connectivity index (χ0n) is 13.8. The van der Waals surface area contributed by atoms with Crippen molar-refractivity contribution >= 4 is 16.5 Å². The van der Waals surface area contributed by atoms with Crippen LogP contribution in [0.2, 0.25) is 0 Å². The van der Waals surface area contributed by atoms with E-state index in [0.717, 1.165) is 37.1 Å². The summed E-state index contributed by atoms with van der Waals surface area (Å²) >= 11 is 1.80. The van der Waals surface area contributed by atoms with Crippen LogP contribution < -0.4 is 10.2 Å². The van der Waals surface area contributed by atoms with Crippen molar-refractivity contribution in [2.75, 3.05) is 31.6 Å². The molecule has 0 bridgehead atoms. The van der Waals surface area contributed by atoms with Crippen LogP contribution in [-0.4, -0.2) is 37.8 Å². The smallest absolute Gasteiger partial charge is 0.185 e. The summed E-state index contributed by atoms with van der Waals surface area (Å²) in [5, 5.41) is 4.62. The second-order valence-corrected chi connectivity index (χ2v) is 7.46. The van der Waals surface area contributed by atoms with Gasteiger partial charge in [-0.15, -0.1) is 11.3 Å². The first kappa shape index (κ1) is 16.7. The van der Waals surface area contributed by atoms with Gasteiger partial charge in [0.15, 0.2) is 5.13 Å². The lowest BCUT2D eigenvalue weighted by molar-refractivity contribution is 0.0216. The molecular formula is C16H29N3OS. The maximum atomic E-state index is 5.82. The van der Waals surface area contributed by atoms with Crippen LogP contribution in [0.5, 0.6) is 0 Å². The number of likely N-dealkylation sites (N-methyl/N-ethyl adjacent to an activating group) is 1. The van der Waals surface area contributed by atoms with Gasteiger partial charge in [0.05, 0.1) is 11.8 Å². The molecule has 1 aromatic rings. The first-order chi connectivity index (χ1) is 10.1. The number of aromatic nitrogens is 1. The van der Waals surface area contributed by atoms with E-state index in [1.54, 1.807) is 11.3 Å². The number of hydrogen-bond donors (Lipinski definition) is 1. The van der Waals surface area contributed by atoms with E-state index < -0.39 is 0 Å². The van der Waals surface area contributed by atoms with Gasteiger partial charge < -0.3 is 15.0 Å². The van der Waals surface area contributed by atoms with Crippen LogP contribution in [0.4, 0.5) is 5.13 Å². The van der Waals surface area contributed by atoms with Crippen molar-refractivity contribution in [3.8, 4) is 0 Å². The van der Waals surface area contributed by atoms with Crippen molar-refractivity contribution in [1.29, 1.82) is 0 Å². The van der Waals surface area contributed by atoms with Crippen molar-refractivity contribution < 1.29 is 4.74 Å². The first-order valence-electron chi connectivity index (χ1n) is 8.06. The molecule has 1 aromatic heterocycles. The summed E-state index contributed by atoms with van der Waals surface area (Å²) in [7, 11) is 2.13. The lowest BCUT2D eigenvalue weighted by atomic mass is 10.1. The monoisotopic (exact) mass is 311 g/mol. The fourth-order valence-electron chi connectivity index (χ4n) is 2.55. The van der Waals surface area contributed by atoms with Gasteiger partial charge in [0, 0.05) is 31.6 Å². The largest absolute Gasteiger partial charge is 0.376 e. The molecule has 1 aliphatic heterocycles. The molecule has 2 heterocycles. The third-order valence-corrected chi connectivity index (χ3v) is 5.07. The Balaban J connectivity index is 1.87. The number of nitrogens with zero attached hydrogens (tertiary/aromatic N) is 2. The molecule has 0 radical (unpaired) electrons. The standard InChI is InChI=1S/C16H29N3OS/c1-12(2)9-17-10-15-13(3)18-16(21-15)19(4)11-14-7-5-6-8-20-14/h12,14,17H,5-11H2,1-4H3. The van der Waals surface area contributed by atoms with Crippen molar-refractivity contribution in [2.45, 2.75) is 52.7 Å². The van der Waals surface area contributed by atoms with Crippen LogP contribution in [0.25, 0.3) is 0 Å². The van der Waals surface area contributed by atoms with Gasteiger partial charge >= 0.3 is 0 Å². The van der Waals surface area contributed by atoms with E-state index in [2.05, 4.69) is 38.0 Å². The van der Waals surface area contributed by atoms with E-state index in [9.17, 15) is 0 Å². The van der Waals surface area contributed by atoms with E-state index in [1.165, 1.54) is 24.1 Å². The molecule has 0 aliphatic carbocycles. The fraction of sp³-hybridized carbons (Fsp3) is 0.812. The number of rotatable bonds is 7. The third kappa shape index (κ3) is 5.24. The molecule has 0 saturated carbocycles. The third-order valence-electron chi connectivity index (χ3n) is 3.80. The predicted molar refractivity (Wildman–Crippen MR) is 90.3 cm³/mol. The molecule has 0 aromatic carbocycles. The number of anilines is 1. The molecule has 1 aliphatic rings. The topological polar surface area (TPSA) is 37.4 Å². The zero-order valence-corrected chi connectivity index (χ0v) is 14.6. The van der Waals surface area contributed by atoms with Gasteiger partial charge in [-0.2, -0.15) is 0 Å². The Kier molecular flexibility index (Phi) is 6.45. The average molecular weight is 311 g/mol. The van der Waals surface area contributed by atoms with Crippen molar-refractivity contribution in [1.82, 2.24) is 10.3 Å². The van der Waals surface area contributed by atoms with Crippen LogP contribution in [0, 0.1) is 12.8 Å². The molecule has 1 N–H and O–H groups in total. The number of ether oxygens (including phenoxy) is 1. The zero-order chi connectivity index (χ0) is 15.2. The molecule has 1 unspecified atom stereocenters. The van der Waals surface area contributed by atoms with Crippen LogP contribution in [0.3, 0.4) is 0 Å². The average Bonchev–Trinajstić information content (AvgIpc) is 2.81. The normalized spacial score (nSPS) is 19.2. The molecule has 21 heavy (non-hydrogen) atoms. The fourth-order valence-corrected chi connectivity index (χ4v) is 3.55. The Labute approximate surface area is 132 Å². The summed E-state index contributed by atoms with van der Waals surface area (Å²) in [6.45, 7) is 10.4. The van der Waals surface area contributed by atoms with E-state index in [-0.39, 0.29) is 0 Å². The molecule has 2 rings (SSSR count). The summed E-state index contributed by atoms with van der Waals surface area (Å²) in [4.78, 5) is 8.32. The Hall–Kier alpha value is -0.650. The minimum Gasteiger partial charge on any atom is -0.376 e. The highest BCUT2D eigenvalue weighted by Gasteiger charge is 2.18. The van der Waals surface area contributed by atoms with Crippen LogP contribution in [0.1, 0.15) is 43.7 Å². The van der Waals surface area contributed by atoms with Crippen molar-refractivity contribution in [2.24, 2.45) is 5.92 Å². The quantitative estimate of drug-likeness (QED) is 0.839. The minimum atomic E-state index is 0.371. The van der Waals surface area contributed by atoms with Gasteiger partial charge in [0.25, 0.3) is 0 Å². The van der Waals surface area contributed by atoms with Gasteiger partial charge in [-0.05, 0) is 38.6 Å². The lowest BCUT2D eigenvalue weighted by Crippen LogP contribution is -2.33. The van der Waals surface area contributed by atoms with Gasteiger partial charge in [0.1, 0.15) is 0 Å². The molecule has 4 nitrogen and oxygen atoms in total. The Morgan fingerprint density at radius 1 is 1.43 bits per heavy atom. The summed E-state index contributed by atoms with van der Waals surface area (Å²) in [6, 6.07) is 0. The van der Waals surface area contributed by atoms with Crippen LogP contribution in [-0.2, 0) is 11.3 Å². The Bertz CT molecular complexity index is 427. The Morgan fingerprint density at radius 2 is 2.24 bits per heavy atom. The predicted octanol–water partition coefficient (Wildman–Crippen LogP) is 3.20. The van der Waals surface area contributed by atoms with Crippen molar-refractivity contribution in [3.63, 3.8) is 0 Å². The molecule has 0 spiro atoms. The lowest BCUT2D eigenvalue weighted by Gasteiger charge is -2.27. The maximum Gasteiger partial charge on any atom is 0.185 e. The highest BCUT2D eigenvalue weighted by atomic mass is 32.1. The molecule has 1 atom stereocenters. The van der Waals surface area contributed by atoms with Crippen LogP contribution in [0.15, 0.2) is 0 Å². The summed E-state index contributed by atoms with van der Waals surface area (Å²) in [6.07, 6.45) is 4.05. The van der Waals surface area contributed by atoms with E-state index in [4.69, 9.17) is 9.72 Å². The maximum absolute atomic E-state index is 5.82. The number of thiazole rings is 1. The van der Waals surface area contributed by atoms with Crippen molar-refractivity contribution in [3.05, 3.63) is 10.6 Å². The SMILES string of the molecule is Cc1nc(N(C)CC2CCCCO2)sc1CNCC(C)C. The molecular weight excluding hydrogens is 282 g/mol. The van der Waals surface area contributed by atoms with Gasteiger partial charge in [-0.25, -0.2) is 4.98 Å². The first-order valence-corrected chi connectivity index (χ1v) is 8.87. The number of aryl methyl sites for hydroxylation is 1. The molecule has 0 amide bonds. The van der Waals surface area contributed by atoms with Gasteiger partial charge in [-0.1, -0.05) is 13.8 Å². The summed E-state index contributed by atoms with van der Waals surface area (Å²) in [5.41, 5.74) is 1.16. The summed E-state index contributed by atoms with van der Waals surface area (Å²) < 4.78 is 5.82.